The number of carboxylic acid groups (broad SMARTS) is 1. The van der Waals surface area contributed by atoms with Crippen LogP contribution in [-0.4, -0.2) is 39.9 Å². The largest absolute Gasteiger partial charge is 0.478 e. The van der Waals surface area contributed by atoms with Gasteiger partial charge in [-0.15, -0.1) is 0 Å². The Morgan fingerprint density at radius 2 is 2.00 bits per heavy atom. The molecule has 0 unspecified atom stereocenters. The molecule has 0 saturated carbocycles. The van der Waals surface area contributed by atoms with Gasteiger partial charge in [0, 0.05) is 13.1 Å². The molecule has 2 atom stereocenters. The Kier molecular flexibility index (Phi) is 5.47. The summed E-state index contributed by atoms with van der Waals surface area (Å²) in [4.78, 5) is 26.9. The summed E-state index contributed by atoms with van der Waals surface area (Å²) in [6.07, 6.45) is 1.24. The molecule has 1 aliphatic rings. The maximum Gasteiger partial charge on any atom is 0.335 e. The van der Waals surface area contributed by atoms with E-state index in [1.807, 2.05) is 0 Å². The fourth-order valence-electron chi connectivity index (χ4n) is 2.70. The SMILES string of the molecule is Cc1noc([C@@H]2CC[C@H](CNC(=O)NCc3ccc(C(=O)O)cc3)O2)n1. The van der Waals surface area contributed by atoms with E-state index in [9.17, 15) is 9.59 Å². The van der Waals surface area contributed by atoms with E-state index in [2.05, 4.69) is 20.8 Å². The van der Waals surface area contributed by atoms with Crippen molar-refractivity contribution in [2.75, 3.05) is 6.54 Å². The van der Waals surface area contributed by atoms with Crippen molar-refractivity contribution < 1.29 is 24.0 Å². The summed E-state index contributed by atoms with van der Waals surface area (Å²) >= 11 is 0. The molecule has 26 heavy (non-hydrogen) atoms. The molecule has 0 bridgehead atoms. The second-order valence-electron chi connectivity index (χ2n) is 6.07. The van der Waals surface area contributed by atoms with Crippen molar-refractivity contribution in [3.8, 4) is 0 Å². The second kappa shape index (κ2) is 7.96. The van der Waals surface area contributed by atoms with Crippen molar-refractivity contribution in [1.82, 2.24) is 20.8 Å². The van der Waals surface area contributed by atoms with Crippen LogP contribution in [0.5, 0.6) is 0 Å². The summed E-state index contributed by atoms with van der Waals surface area (Å²) in [6.45, 7) is 2.44. The first-order valence-electron chi connectivity index (χ1n) is 8.31. The van der Waals surface area contributed by atoms with Crippen LogP contribution in [0.3, 0.4) is 0 Å². The lowest BCUT2D eigenvalue weighted by atomic mass is 10.1. The third kappa shape index (κ3) is 4.57. The highest BCUT2D eigenvalue weighted by Crippen LogP contribution is 2.31. The van der Waals surface area contributed by atoms with Gasteiger partial charge in [-0.1, -0.05) is 17.3 Å². The highest BCUT2D eigenvalue weighted by molar-refractivity contribution is 5.87. The van der Waals surface area contributed by atoms with Gasteiger partial charge in [-0.25, -0.2) is 9.59 Å². The van der Waals surface area contributed by atoms with Crippen LogP contribution in [0.2, 0.25) is 0 Å². The molecular formula is C17H20N4O5. The summed E-state index contributed by atoms with van der Waals surface area (Å²) < 4.78 is 10.9. The Morgan fingerprint density at radius 3 is 2.65 bits per heavy atom. The van der Waals surface area contributed by atoms with E-state index in [1.54, 1.807) is 19.1 Å². The van der Waals surface area contributed by atoms with Gasteiger partial charge in [0.2, 0.25) is 0 Å². The molecule has 2 amide bonds. The molecule has 1 aromatic carbocycles. The number of aryl methyl sites for hydroxylation is 1. The second-order valence-corrected chi connectivity index (χ2v) is 6.07. The summed E-state index contributed by atoms with van der Waals surface area (Å²) in [5.41, 5.74) is 1.02. The van der Waals surface area contributed by atoms with Gasteiger partial charge in [-0.05, 0) is 37.5 Å². The topological polar surface area (TPSA) is 127 Å². The fraction of sp³-hybridized carbons (Fsp3) is 0.412. The van der Waals surface area contributed by atoms with Gasteiger partial charge in [0.1, 0.15) is 6.10 Å². The van der Waals surface area contributed by atoms with Crippen LogP contribution in [0.25, 0.3) is 0 Å². The molecule has 2 heterocycles. The number of nitrogens with one attached hydrogen (secondary N) is 2. The maximum absolute atomic E-state index is 11.9. The Hall–Kier alpha value is -2.94. The van der Waals surface area contributed by atoms with Gasteiger partial charge < -0.3 is 25.0 Å². The lowest BCUT2D eigenvalue weighted by Crippen LogP contribution is -2.39. The van der Waals surface area contributed by atoms with Crippen LogP contribution in [-0.2, 0) is 11.3 Å². The number of nitrogens with zero attached hydrogens (tertiary/aromatic N) is 2. The standard InChI is InChI=1S/C17H20N4O5/c1-10-20-15(26-21-10)14-7-6-13(25-14)9-19-17(24)18-8-11-2-4-12(5-3-11)16(22)23/h2-5,13-14H,6-9H2,1H3,(H,22,23)(H2,18,19,24)/t13-,14+/m1/s1. The predicted octanol–water partition coefficient (Wildman–Crippen LogP) is 1.80. The van der Waals surface area contributed by atoms with Crippen LogP contribution in [0.15, 0.2) is 28.8 Å². The van der Waals surface area contributed by atoms with Crippen LogP contribution in [0.4, 0.5) is 4.79 Å². The minimum absolute atomic E-state index is 0.104. The third-order valence-corrected chi connectivity index (χ3v) is 4.07. The summed E-state index contributed by atoms with van der Waals surface area (Å²) in [5, 5.41) is 18.1. The highest BCUT2D eigenvalue weighted by atomic mass is 16.5. The minimum atomic E-state index is -0.979. The van der Waals surface area contributed by atoms with E-state index in [0.717, 1.165) is 18.4 Å². The van der Waals surface area contributed by atoms with Gasteiger partial charge in [0.25, 0.3) is 5.89 Å². The molecule has 2 aromatic rings. The number of urea groups is 1. The van der Waals surface area contributed by atoms with Gasteiger partial charge in [-0.3, -0.25) is 0 Å². The molecule has 1 saturated heterocycles. The number of ether oxygens (including phenoxy) is 1. The Labute approximate surface area is 149 Å². The Balaban J connectivity index is 1.38. The molecule has 9 nitrogen and oxygen atoms in total. The van der Waals surface area contributed by atoms with E-state index in [1.165, 1.54) is 12.1 Å². The number of hydrogen-bond acceptors (Lipinski definition) is 6. The average molecular weight is 360 g/mol. The highest BCUT2D eigenvalue weighted by Gasteiger charge is 2.30. The van der Waals surface area contributed by atoms with Gasteiger partial charge in [0.05, 0.1) is 11.7 Å². The van der Waals surface area contributed by atoms with E-state index in [0.29, 0.717) is 24.8 Å². The first-order chi connectivity index (χ1) is 12.5. The number of aromatic nitrogens is 2. The lowest BCUT2D eigenvalue weighted by molar-refractivity contribution is 0.0277. The number of rotatable bonds is 6. The van der Waals surface area contributed by atoms with E-state index >= 15 is 0 Å². The van der Waals surface area contributed by atoms with Crippen LogP contribution in [0.1, 0.15) is 46.6 Å². The predicted molar refractivity (Wildman–Crippen MR) is 89.5 cm³/mol. The molecule has 0 radical (unpaired) electrons. The van der Waals surface area contributed by atoms with Crippen LogP contribution >= 0.6 is 0 Å². The van der Waals surface area contributed by atoms with Gasteiger partial charge >= 0.3 is 12.0 Å². The summed E-state index contributed by atoms with van der Waals surface area (Å²) in [7, 11) is 0. The van der Waals surface area contributed by atoms with Gasteiger partial charge in [-0.2, -0.15) is 4.98 Å². The van der Waals surface area contributed by atoms with Crippen molar-refractivity contribution >= 4 is 12.0 Å². The molecule has 1 aromatic heterocycles. The number of carbonyl (C=O) groups is 2. The maximum atomic E-state index is 11.9. The number of carbonyl (C=O) groups excluding carboxylic acids is 1. The zero-order valence-electron chi connectivity index (χ0n) is 14.3. The van der Waals surface area contributed by atoms with E-state index in [4.69, 9.17) is 14.4 Å². The van der Waals surface area contributed by atoms with Crippen molar-refractivity contribution in [3.63, 3.8) is 0 Å². The molecule has 3 rings (SSSR count). The number of benzene rings is 1. The monoisotopic (exact) mass is 360 g/mol. The Morgan fingerprint density at radius 1 is 1.23 bits per heavy atom. The molecule has 0 aliphatic carbocycles. The molecule has 1 fully saturated rings. The molecule has 138 valence electrons. The van der Waals surface area contributed by atoms with Crippen LogP contribution < -0.4 is 10.6 Å². The number of aromatic carboxylic acids is 1. The number of hydrogen-bond donors (Lipinski definition) is 3. The normalized spacial score (nSPS) is 19.3. The lowest BCUT2D eigenvalue weighted by Gasteiger charge is -2.13. The number of amides is 2. The van der Waals surface area contributed by atoms with Crippen molar-refractivity contribution in [2.45, 2.75) is 38.5 Å². The zero-order chi connectivity index (χ0) is 18.5. The first-order valence-corrected chi connectivity index (χ1v) is 8.31. The van der Waals surface area contributed by atoms with E-state index < -0.39 is 5.97 Å². The van der Waals surface area contributed by atoms with Crippen LogP contribution in [0, 0.1) is 6.92 Å². The minimum Gasteiger partial charge on any atom is -0.478 e. The fourth-order valence-corrected chi connectivity index (χ4v) is 2.70. The molecule has 1 aliphatic heterocycles. The quantitative estimate of drug-likeness (QED) is 0.717. The molecule has 9 heteroatoms. The Bertz CT molecular complexity index is 774. The first kappa shape index (κ1) is 17.9. The third-order valence-electron chi connectivity index (χ3n) is 4.07. The number of carboxylic acids is 1. The molecule has 3 N–H and O–H groups in total. The van der Waals surface area contributed by atoms with Crippen molar-refractivity contribution in [1.29, 1.82) is 0 Å². The summed E-state index contributed by atoms with van der Waals surface area (Å²) in [6, 6.07) is 6.03. The average Bonchev–Trinajstić information content (AvgIpc) is 3.27. The molecular weight excluding hydrogens is 340 g/mol. The molecule has 0 spiro atoms. The smallest absolute Gasteiger partial charge is 0.335 e. The van der Waals surface area contributed by atoms with E-state index in [-0.39, 0.29) is 23.8 Å². The van der Waals surface area contributed by atoms with Crippen molar-refractivity contribution in [3.05, 3.63) is 47.1 Å². The van der Waals surface area contributed by atoms with Crippen molar-refractivity contribution in [2.24, 2.45) is 0 Å². The summed E-state index contributed by atoms with van der Waals surface area (Å²) in [5.74, 6) is 0.0630. The van der Waals surface area contributed by atoms with Gasteiger partial charge in [0.15, 0.2) is 5.82 Å². The zero-order valence-corrected chi connectivity index (χ0v) is 14.3.